The van der Waals surface area contributed by atoms with Gasteiger partial charge in [0, 0.05) is 12.5 Å². The molecule has 0 amide bonds. The number of hydrogen-bond acceptors (Lipinski definition) is 3. The minimum Gasteiger partial charge on any atom is -0.480 e. The molecule has 1 saturated heterocycles. The summed E-state index contributed by atoms with van der Waals surface area (Å²) in [6.07, 6.45) is 0.492. The van der Waals surface area contributed by atoms with Gasteiger partial charge in [-0.1, -0.05) is 48.0 Å². The van der Waals surface area contributed by atoms with Crippen LogP contribution in [0.5, 0.6) is 0 Å². The third kappa shape index (κ3) is 2.95. The maximum absolute atomic E-state index is 12.9. The molecular formula is C18H19NO4S. The predicted molar refractivity (Wildman–Crippen MR) is 90.3 cm³/mol. The number of carboxylic acids is 1. The number of aliphatic carboxylic acids is 1. The summed E-state index contributed by atoms with van der Waals surface area (Å²) in [6.45, 7) is 2.07. The van der Waals surface area contributed by atoms with Crippen LogP contribution >= 0.6 is 0 Å². The molecule has 1 heterocycles. The second kappa shape index (κ2) is 6.37. The number of aryl methyl sites for hydroxylation is 1. The van der Waals surface area contributed by atoms with Crippen molar-refractivity contribution in [3.8, 4) is 0 Å². The van der Waals surface area contributed by atoms with Crippen LogP contribution in [-0.2, 0) is 14.8 Å². The molecule has 0 bridgehead atoms. The molecule has 1 N–H and O–H groups in total. The molecule has 1 fully saturated rings. The van der Waals surface area contributed by atoms with E-state index in [1.807, 2.05) is 37.3 Å². The predicted octanol–water partition coefficient (Wildman–Crippen LogP) is 2.63. The number of rotatable bonds is 4. The molecule has 1 aliphatic heterocycles. The third-order valence-electron chi connectivity index (χ3n) is 4.46. The first-order valence-corrected chi connectivity index (χ1v) is 9.21. The highest BCUT2D eigenvalue weighted by atomic mass is 32.2. The van der Waals surface area contributed by atoms with Crippen LogP contribution in [-0.4, -0.2) is 36.4 Å². The number of benzene rings is 2. The molecule has 0 aliphatic carbocycles. The van der Waals surface area contributed by atoms with Gasteiger partial charge in [-0.15, -0.1) is 0 Å². The van der Waals surface area contributed by atoms with Crippen molar-refractivity contribution in [3.63, 3.8) is 0 Å². The van der Waals surface area contributed by atoms with E-state index in [4.69, 9.17) is 0 Å². The van der Waals surface area contributed by atoms with Gasteiger partial charge in [0.15, 0.2) is 0 Å². The van der Waals surface area contributed by atoms with E-state index in [9.17, 15) is 18.3 Å². The van der Waals surface area contributed by atoms with Gasteiger partial charge in [0.1, 0.15) is 6.04 Å². The molecule has 2 aromatic carbocycles. The van der Waals surface area contributed by atoms with Gasteiger partial charge >= 0.3 is 5.97 Å². The zero-order valence-corrected chi connectivity index (χ0v) is 14.1. The van der Waals surface area contributed by atoms with Crippen molar-refractivity contribution >= 4 is 16.0 Å². The maximum Gasteiger partial charge on any atom is 0.322 e. The smallest absolute Gasteiger partial charge is 0.322 e. The Morgan fingerprint density at radius 1 is 1.08 bits per heavy atom. The van der Waals surface area contributed by atoms with Crippen molar-refractivity contribution in [2.75, 3.05) is 6.54 Å². The number of carboxylic acid groups (broad SMARTS) is 1. The van der Waals surface area contributed by atoms with Crippen molar-refractivity contribution in [1.82, 2.24) is 4.31 Å². The Labute approximate surface area is 141 Å². The van der Waals surface area contributed by atoms with Gasteiger partial charge in [0.05, 0.1) is 4.90 Å². The first-order chi connectivity index (χ1) is 11.4. The lowest BCUT2D eigenvalue weighted by Gasteiger charge is -2.24. The standard InChI is InChI=1S/C18H19NO4S/c1-13-7-9-15(10-8-13)24(22,23)19-12-11-16(17(19)18(20)21)14-5-3-2-4-6-14/h2-10,16-17H,11-12H2,1H3,(H,20,21). The third-order valence-corrected chi connectivity index (χ3v) is 6.36. The zero-order chi connectivity index (χ0) is 17.3. The Morgan fingerprint density at radius 2 is 1.71 bits per heavy atom. The highest BCUT2D eigenvalue weighted by molar-refractivity contribution is 7.89. The van der Waals surface area contributed by atoms with Crippen LogP contribution in [0.25, 0.3) is 0 Å². The second-order valence-electron chi connectivity index (χ2n) is 6.02. The van der Waals surface area contributed by atoms with Crippen LogP contribution in [0.15, 0.2) is 59.5 Å². The number of sulfonamides is 1. The Kier molecular flexibility index (Phi) is 4.43. The van der Waals surface area contributed by atoms with Crippen molar-refractivity contribution < 1.29 is 18.3 Å². The normalized spacial score (nSPS) is 21.7. The largest absolute Gasteiger partial charge is 0.480 e. The maximum atomic E-state index is 12.9. The Morgan fingerprint density at radius 3 is 2.29 bits per heavy atom. The van der Waals surface area contributed by atoms with Gasteiger partial charge in [0.2, 0.25) is 10.0 Å². The summed E-state index contributed by atoms with van der Waals surface area (Å²) in [7, 11) is -3.84. The van der Waals surface area contributed by atoms with Gasteiger partial charge < -0.3 is 5.11 Å². The minimum absolute atomic E-state index is 0.132. The van der Waals surface area contributed by atoms with E-state index in [1.165, 1.54) is 12.1 Å². The summed E-state index contributed by atoms with van der Waals surface area (Å²) < 4.78 is 26.9. The first kappa shape index (κ1) is 16.7. The molecule has 0 radical (unpaired) electrons. The molecule has 0 saturated carbocycles. The zero-order valence-electron chi connectivity index (χ0n) is 13.3. The molecule has 2 unspecified atom stereocenters. The quantitative estimate of drug-likeness (QED) is 0.924. The van der Waals surface area contributed by atoms with Crippen LogP contribution in [0.3, 0.4) is 0 Å². The fourth-order valence-corrected chi connectivity index (χ4v) is 4.86. The summed E-state index contributed by atoms with van der Waals surface area (Å²) in [4.78, 5) is 12.0. The summed E-state index contributed by atoms with van der Waals surface area (Å²) >= 11 is 0. The monoisotopic (exact) mass is 345 g/mol. The second-order valence-corrected chi connectivity index (χ2v) is 7.91. The van der Waals surface area contributed by atoms with Crippen molar-refractivity contribution in [2.45, 2.75) is 30.2 Å². The minimum atomic E-state index is -3.84. The molecule has 2 atom stereocenters. The Hall–Kier alpha value is -2.18. The Bertz CT molecular complexity index is 831. The summed E-state index contributed by atoms with van der Waals surface area (Å²) in [5.41, 5.74) is 1.80. The van der Waals surface area contributed by atoms with Crippen molar-refractivity contribution in [3.05, 3.63) is 65.7 Å². The number of hydrogen-bond donors (Lipinski definition) is 1. The molecule has 2 aromatic rings. The highest BCUT2D eigenvalue weighted by Crippen LogP contribution is 2.37. The average Bonchev–Trinajstić information content (AvgIpc) is 3.02. The van der Waals surface area contributed by atoms with E-state index in [2.05, 4.69) is 0 Å². The topological polar surface area (TPSA) is 74.7 Å². The fourth-order valence-electron chi connectivity index (χ4n) is 3.22. The summed E-state index contributed by atoms with van der Waals surface area (Å²) in [6, 6.07) is 14.6. The molecule has 6 heteroatoms. The molecule has 5 nitrogen and oxygen atoms in total. The van der Waals surface area contributed by atoms with Crippen LogP contribution in [0, 0.1) is 6.92 Å². The summed E-state index contributed by atoms with van der Waals surface area (Å²) in [5.74, 6) is -1.46. The van der Waals surface area contributed by atoms with Crippen molar-refractivity contribution in [2.24, 2.45) is 0 Å². The van der Waals surface area contributed by atoms with Gasteiger partial charge in [-0.2, -0.15) is 4.31 Å². The van der Waals surface area contributed by atoms with E-state index < -0.39 is 22.0 Å². The highest BCUT2D eigenvalue weighted by Gasteiger charge is 2.46. The molecule has 24 heavy (non-hydrogen) atoms. The Balaban J connectivity index is 1.98. The van der Waals surface area contributed by atoms with E-state index in [0.717, 1.165) is 15.4 Å². The van der Waals surface area contributed by atoms with Crippen LogP contribution in [0.2, 0.25) is 0 Å². The first-order valence-electron chi connectivity index (χ1n) is 7.77. The number of nitrogens with zero attached hydrogens (tertiary/aromatic N) is 1. The van der Waals surface area contributed by atoms with E-state index in [0.29, 0.717) is 6.42 Å². The van der Waals surface area contributed by atoms with Gasteiger partial charge in [-0.25, -0.2) is 8.42 Å². The van der Waals surface area contributed by atoms with Gasteiger partial charge in [-0.3, -0.25) is 4.79 Å². The van der Waals surface area contributed by atoms with Gasteiger partial charge in [0.25, 0.3) is 0 Å². The molecule has 0 aromatic heterocycles. The lowest BCUT2D eigenvalue weighted by molar-refractivity contribution is -0.141. The van der Waals surface area contributed by atoms with Crippen molar-refractivity contribution in [1.29, 1.82) is 0 Å². The van der Waals surface area contributed by atoms with Gasteiger partial charge in [-0.05, 0) is 31.0 Å². The van der Waals surface area contributed by atoms with Crippen LogP contribution < -0.4 is 0 Å². The van der Waals surface area contributed by atoms with E-state index >= 15 is 0 Å². The molecule has 1 aliphatic rings. The van der Waals surface area contributed by atoms with E-state index in [-0.39, 0.29) is 17.4 Å². The number of carbonyl (C=O) groups is 1. The lowest BCUT2D eigenvalue weighted by atomic mass is 9.92. The van der Waals surface area contributed by atoms with Crippen LogP contribution in [0.1, 0.15) is 23.5 Å². The summed E-state index contributed by atoms with van der Waals surface area (Å²) in [5, 5.41) is 9.66. The molecule has 126 valence electrons. The van der Waals surface area contributed by atoms with Crippen LogP contribution in [0.4, 0.5) is 0 Å². The molecule has 3 rings (SSSR count). The molecular weight excluding hydrogens is 326 g/mol. The molecule has 0 spiro atoms. The average molecular weight is 345 g/mol. The SMILES string of the molecule is Cc1ccc(S(=O)(=O)N2CCC(c3ccccc3)C2C(=O)O)cc1. The fraction of sp³-hybridized carbons (Fsp3) is 0.278. The lowest BCUT2D eigenvalue weighted by Crippen LogP contribution is -2.42. The van der Waals surface area contributed by atoms with E-state index in [1.54, 1.807) is 12.1 Å².